The number of aliphatic carboxylic acids is 1. The van der Waals surface area contributed by atoms with Crippen LogP contribution < -0.4 is 11.1 Å². The van der Waals surface area contributed by atoms with Gasteiger partial charge in [-0.05, 0) is 12.1 Å². The van der Waals surface area contributed by atoms with Crippen molar-refractivity contribution >= 4 is 67.5 Å². The number of anilines is 1. The number of aromatic nitrogens is 1. The van der Waals surface area contributed by atoms with Gasteiger partial charge >= 0.3 is 11.9 Å². The molecule has 2 unspecified atom stereocenters. The molecule has 16 nitrogen and oxygen atoms in total. The largest absolute Gasteiger partial charge is 0.504 e. The zero-order valence-electron chi connectivity index (χ0n) is 20.8. The second-order valence-electron chi connectivity index (χ2n) is 8.42. The second-order valence-corrected chi connectivity index (χ2v) is 12.4. The maximum absolute atomic E-state index is 13.2. The Morgan fingerprint density at radius 1 is 1.27 bits per heavy atom. The normalized spacial score (nSPS) is 18.8. The number of carbonyl (C=O) groups excluding carboxylic acids is 3. The molecule has 2 aliphatic heterocycles. The molecule has 6 N–H and O–H groups in total. The van der Waals surface area contributed by atoms with Gasteiger partial charge in [-0.25, -0.2) is 18.2 Å². The molecule has 41 heavy (non-hydrogen) atoms. The molecule has 218 valence electrons. The quantitative estimate of drug-likeness (QED) is 0.0739. The van der Waals surface area contributed by atoms with Gasteiger partial charge in [-0.2, -0.15) is 0 Å². The van der Waals surface area contributed by atoms with Crippen molar-refractivity contribution in [1.29, 1.82) is 0 Å². The summed E-state index contributed by atoms with van der Waals surface area (Å²) in [5.74, 6) is -5.94. The predicted octanol–water partition coefficient (Wildman–Crippen LogP) is -0.410. The fourth-order valence-electron chi connectivity index (χ4n) is 3.72. The number of esters is 1. The Bertz CT molecular complexity index is 1600. The van der Waals surface area contributed by atoms with Crippen LogP contribution in [-0.2, 0) is 38.6 Å². The minimum absolute atomic E-state index is 0.0537. The summed E-state index contributed by atoms with van der Waals surface area (Å²) in [6, 6.07) is 1.62. The summed E-state index contributed by atoms with van der Waals surface area (Å²) in [5.41, 5.74) is 4.91. The number of oxime groups is 1. The van der Waals surface area contributed by atoms with Crippen molar-refractivity contribution in [2.45, 2.75) is 23.2 Å². The standard InChI is InChI=1S/C22H21N5O11S3/c1-9(28)37-5-10-6-39-20-16(19(32)27(20)17(10)21(33)34)25-18(31)15(12-7-40-22(23)24-12)26-38-8-41(35,36)11-2-3-13(29)14(30)4-11/h2-4,7,16,20,29-30H,5-6,8H2,1H3,(H2,23,24)(H,25,31)(H,33,34)/b26-15-. The van der Waals surface area contributed by atoms with Gasteiger partial charge in [0.2, 0.25) is 15.8 Å². The highest BCUT2D eigenvalue weighted by Crippen LogP contribution is 2.40. The summed E-state index contributed by atoms with van der Waals surface area (Å²) < 4.78 is 30.0. The third kappa shape index (κ3) is 6.20. The number of nitrogen functional groups attached to an aromatic ring is 1. The summed E-state index contributed by atoms with van der Waals surface area (Å²) in [7, 11) is -4.20. The molecule has 3 heterocycles. The number of nitrogens with one attached hydrogen (secondary N) is 1. The number of amides is 2. The number of aromatic hydroxyl groups is 2. The number of thioether (sulfide) groups is 1. The lowest BCUT2D eigenvalue weighted by Gasteiger charge is -2.49. The van der Waals surface area contributed by atoms with E-state index in [0.717, 1.165) is 53.1 Å². The van der Waals surface area contributed by atoms with E-state index in [4.69, 9.17) is 15.3 Å². The van der Waals surface area contributed by atoms with Gasteiger partial charge in [0.1, 0.15) is 29.4 Å². The van der Waals surface area contributed by atoms with Crippen molar-refractivity contribution in [3.8, 4) is 11.5 Å². The number of nitrogens with two attached hydrogens (primary N) is 1. The minimum Gasteiger partial charge on any atom is -0.504 e. The van der Waals surface area contributed by atoms with Crippen LogP contribution in [0.15, 0.2) is 44.9 Å². The van der Waals surface area contributed by atoms with E-state index in [0.29, 0.717) is 0 Å². The topological polar surface area (TPSA) is 248 Å². The maximum Gasteiger partial charge on any atom is 0.352 e. The molecule has 19 heteroatoms. The Hall–Kier alpha value is -4.36. The molecule has 1 aromatic heterocycles. The molecular formula is C22H21N5O11S3. The summed E-state index contributed by atoms with van der Waals surface area (Å²) in [4.78, 5) is 58.6. The number of rotatable bonds is 10. The molecule has 2 amide bonds. The molecule has 0 saturated carbocycles. The Balaban J connectivity index is 1.52. The number of phenolic OH excluding ortho intramolecular Hbond substituents is 2. The molecule has 2 atom stereocenters. The van der Waals surface area contributed by atoms with E-state index in [1.54, 1.807) is 0 Å². The summed E-state index contributed by atoms with van der Waals surface area (Å²) >= 11 is 2.09. The van der Waals surface area contributed by atoms with Gasteiger partial charge in [0, 0.05) is 29.7 Å². The lowest BCUT2D eigenvalue weighted by Crippen LogP contribution is -2.71. The molecule has 0 spiro atoms. The van der Waals surface area contributed by atoms with Crippen molar-refractivity contribution in [2.24, 2.45) is 5.16 Å². The van der Waals surface area contributed by atoms with E-state index in [1.807, 2.05) is 0 Å². The SMILES string of the molecule is CC(=O)OCC1=C(C(=O)O)N2C(=O)C(NC(=O)/C(=N\OCS(=O)(=O)c3ccc(O)c(O)c3)c3csc(N)n3)C2SC1. The number of benzene rings is 1. The van der Waals surface area contributed by atoms with Gasteiger partial charge in [0.25, 0.3) is 11.8 Å². The number of sulfone groups is 1. The zero-order valence-corrected chi connectivity index (χ0v) is 23.3. The van der Waals surface area contributed by atoms with E-state index in [1.165, 1.54) is 5.38 Å². The van der Waals surface area contributed by atoms with E-state index in [2.05, 4.69) is 15.5 Å². The van der Waals surface area contributed by atoms with Crippen LogP contribution in [-0.4, -0.2) is 92.8 Å². The van der Waals surface area contributed by atoms with Crippen molar-refractivity contribution < 1.29 is 52.5 Å². The number of carboxylic acid groups (broad SMARTS) is 1. The Morgan fingerprint density at radius 3 is 2.61 bits per heavy atom. The predicted molar refractivity (Wildman–Crippen MR) is 142 cm³/mol. The van der Waals surface area contributed by atoms with Crippen molar-refractivity contribution in [3.63, 3.8) is 0 Å². The first-order valence-corrected chi connectivity index (χ1v) is 14.9. The number of ether oxygens (including phenoxy) is 1. The van der Waals surface area contributed by atoms with Crippen LogP contribution in [0.3, 0.4) is 0 Å². The number of phenols is 2. The van der Waals surface area contributed by atoms with Gasteiger partial charge in [-0.3, -0.25) is 19.3 Å². The average Bonchev–Trinajstić information content (AvgIpc) is 3.34. The molecule has 2 aromatic rings. The number of carboxylic acids is 1. The molecule has 1 aromatic carbocycles. The fraction of sp³-hybridized carbons (Fsp3) is 0.273. The number of hydrogen-bond acceptors (Lipinski definition) is 15. The molecule has 1 saturated heterocycles. The van der Waals surface area contributed by atoms with Gasteiger partial charge in [0.15, 0.2) is 22.3 Å². The Morgan fingerprint density at radius 2 is 2.00 bits per heavy atom. The number of β-lactam (4-membered cyclic amide) rings is 1. The highest BCUT2D eigenvalue weighted by atomic mass is 32.2. The fourth-order valence-corrected chi connectivity index (χ4v) is 6.49. The van der Waals surface area contributed by atoms with Crippen molar-refractivity contribution in [1.82, 2.24) is 15.2 Å². The number of thiazole rings is 1. The lowest BCUT2D eigenvalue weighted by atomic mass is 10.0. The van der Waals surface area contributed by atoms with Crippen LogP contribution in [0.25, 0.3) is 0 Å². The first kappa shape index (κ1) is 29.6. The number of nitrogens with zero attached hydrogens (tertiary/aromatic N) is 3. The third-order valence-corrected chi connectivity index (χ3v) is 9.04. The summed E-state index contributed by atoms with van der Waals surface area (Å²) in [6.45, 7) is 0.843. The molecular weight excluding hydrogens is 606 g/mol. The first-order chi connectivity index (χ1) is 19.3. The average molecular weight is 628 g/mol. The van der Waals surface area contributed by atoms with Gasteiger partial charge in [0.05, 0.1) is 4.90 Å². The summed E-state index contributed by atoms with van der Waals surface area (Å²) in [6.07, 6.45) is 0. The van der Waals surface area contributed by atoms with Gasteiger partial charge in [-0.15, -0.1) is 23.1 Å². The third-order valence-electron chi connectivity index (χ3n) is 5.64. The first-order valence-electron chi connectivity index (χ1n) is 11.3. The molecule has 0 radical (unpaired) electrons. The van der Waals surface area contributed by atoms with Crippen LogP contribution in [0.5, 0.6) is 11.5 Å². The van der Waals surface area contributed by atoms with E-state index < -0.39 is 73.1 Å². The number of hydrogen-bond donors (Lipinski definition) is 5. The zero-order chi connectivity index (χ0) is 30.1. The Kier molecular flexibility index (Phi) is 8.40. The monoisotopic (exact) mass is 627 g/mol. The minimum atomic E-state index is -4.20. The van der Waals surface area contributed by atoms with Gasteiger partial charge in [-0.1, -0.05) is 5.16 Å². The smallest absolute Gasteiger partial charge is 0.352 e. The molecule has 1 fully saturated rings. The van der Waals surface area contributed by atoms with Crippen molar-refractivity contribution in [2.75, 3.05) is 24.0 Å². The Labute approximate surface area is 239 Å². The van der Waals surface area contributed by atoms with Crippen LogP contribution in [0.4, 0.5) is 5.13 Å². The summed E-state index contributed by atoms with van der Waals surface area (Å²) in [5, 5.41) is 35.3. The van der Waals surface area contributed by atoms with Gasteiger partial charge < -0.3 is 35.9 Å². The van der Waals surface area contributed by atoms with E-state index in [-0.39, 0.29) is 34.5 Å². The van der Waals surface area contributed by atoms with E-state index in [9.17, 15) is 42.9 Å². The molecule has 4 rings (SSSR count). The number of fused-ring (bicyclic) bond motifs is 1. The number of carbonyl (C=O) groups is 4. The molecule has 2 aliphatic rings. The van der Waals surface area contributed by atoms with Crippen LogP contribution in [0.2, 0.25) is 0 Å². The van der Waals surface area contributed by atoms with Crippen molar-refractivity contribution in [3.05, 3.63) is 40.5 Å². The highest BCUT2D eigenvalue weighted by molar-refractivity contribution is 8.00. The van der Waals surface area contributed by atoms with Crippen LogP contribution >= 0.6 is 23.1 Å². The maximum atomic E-state index is 13.2. The second kappa shape index (κ2) is 11.6. The molecule has 0 aliphatic carbocycles. The molecule has 0 bridgehead atoms. The van der Waals surface area contributed by atoms with Crippen LogP contribution in [0.1, 0.15) is 12.6 Å². The van der Waals surface area contributed by atoms with E-state index >= 15 is 0 Å². The van der Waals surface area contributed by atoms with Crippen LogP contribution in [0, 0.1) is 0 Å². The highest BCUT2D eigenvalue weighted by Gasteiger charge is 2.54. The lowest BCUT2D eigenvalue weighted by molar-refractivity contribution is -0.150.